The predicted octanol–water partition coefficient (Wildman–Crippen LogP) is 3.90. The molecule has 1 aromatic carbocycles. The van der Waals surface area contributed by atoms with Crippen LogP contribution in [0.1, 0.15) is 94.0 Å². The van der Waals surface area contributed by atoms with Gasteiger partial charge in [-0.3, -0.25) is 14.4 Å². The van der Waals surface area contributed by atoms with E-state index >= 15 is 0 Å². The van der Waals surface area contributed by atoms with Gasteiger partial charge in [0.2, 0.25) is 17.7 Å². The minimum atomic E-state index is -0.824. The van der Waals surface area contributed by atoms with Crippen LogP contribution in [-0.4, -0.2) is 91.6 Å². The molecule has 3 rings (SSSR count). The zero-order valence-electron chi connectivity index (χ0n) is 27.7. The quantitative estimate of drug-likeness (QED) is 0.124. The molecule has 1 aromatic rings. The molecule has 11 heteroatoms. The average Bonchev–Trinajstić information content (AvgIpc) is 3.41. The van der Waals surface area contributed by atoms with Crippen LogP contribution in [-0.2, 0) is 28.6 Å². The van der Waals surface area contributed by atoms with E-state index in [1.807, 2.05) is 0 Å². The number of esters is 1. The van der Waals surface area contributed by atoms with E-state index in [2.05, 4.69) is 24.5 Å². The number of carbonyl (C=O) groups excluding carboxylic acids is 4. The van der Waals surface area contributed by atoms with Crippen LogP contribution in [0, 0.1) is 0 Å². The maximum Gasteiger partial charge on any atom is 0.338 e. The van der Waals surface area contributed by atoms with Crippen LogP contribution < -0.4 is 10.6 Å². The molecule has 0 spiro atoms. The van der Waals surface area contributed by atoms with Crippen molar-refractivity contribution in [3.05, 3.63) is 53.1 Å². The standard InChI is InChI=1S/C35H51N3O8/c1-5-7-9-18-35(19-10-8-6-2)45-29-24-27(33(42)37-20-17-30(40)36-21-22-39)23-28(32(29)46-35)44-34(43)26-14-11-25(12-15-26)13-16-31(41)38(3)4/h11-16,24,28-29,32,39H,5-10,17-23H2,1-4H3,(H,36,40)(H,37,42). The van der Waals surface area contributed by atoms with Gasteiger partial charge in [0.05, 0.1) is 12.2 Å². The Kier molecular flexibility index (Phi) is 14.9. The van der Waals surface area contributed by atoms with Crippen molar-refractivity contribution in [3.8, 4) is 0 Å². The van der Waals surface area contributed by atoms with E-state index < -0.39 is 30.1 Å². The lowest BCUT2D eigenvalue weighted by atomic mass is 9.91. The summed E-state index contributed by atoms with van der Waals surface area (Å²) in [6.07, 6.45) is 10.7. The number of hydrogen-bond donors (Lipinski definition) is 3. The minimum Gasteiger partial charge on any atom is -0.456 e. The van der Waals surface area contributed by atoms with Gasteiger partial charge in [-0.2, -0.15) is 0 Å². The van der Waals surface area contributed by atoms with Gasteiger partial charge >= 0.3 is 5.97 Å². The first kappa shape index (κ1) is 36.9. The van der Waals surface area contributed by atoms with Gasteiger partial charge in [-0.15, -0.1) is 0 Å². The highest BCUT2D eigenvalue weighted by molar-refractivity contribution is 5.95. The van der Waals surface area contributed by atoms with Crippen molar-refractivity contribution in [2.45, 2.75) is 102 Å². The summed E-state index contributed by atoms with van der Waals surface area (Å²) in [5, 5.41) is 14.2. The fourth-order valence-electron chi connectivity index (χ4n) is 5.54. The molecule has 3 unspecified atom stereocenters. The minimum absolute atomic E-state index is 0.0650. The summed E-state index contributed by atoms with van der Waals surface area (Å²) in [5.41, 5.74) is 1.49. The molecule has 0 saturated carbocycles. The Hall–Kier alpha value is -3.54. The number of ether oxygens (including phenoxy) is 3. The number of aliphatic hydroxyl groups is 1. The Morgan fingerprint density at radius 3 is 2.26 bits per heavy atom. The van der Waals surface area contributed by atoms with E-state index in [9.17, 15) is 19.2 Å². The fraction of sp³-hybridized carbons (Fsp3) is 0.600. The Bertz CT molecular complexity index is 1220. The van der Waals surface area contributed by atoms with E-state index in [4.69, 9.17) is 19.3 Å². The second-order valence-electron chi connectivity index (χ2n) is 12.1. The van der Waals surface area contributed by atoms with Crippen LogP contribution in [0.15, 0.2) is 42.0 Å². The van der Waals surface area contributed by atoms with Crippen LogP contribution >= 0.6 is 0 Å². The molecule has 1 fully saturated rings. The number of carbonyl (C=O) groups is 4. The lowest BCUT2D eigenvalue weighted by Gasteiger charge is -2.31. The molecule has 3 amide bonds. The molecule has 254 valence electrons. The number of benzene rings is 1. The first-order chi connectivity index (χ1) is 22.1. The lowest BCUT2D eigenvalue weighted by Crippen LogP contribution is -2.44. The van der Waals surface area contributed by atoms with Crippen molar-refractivity contribution in [1.82, 2.24) is 15.5 Å². The number of amides is 3. The monoisotopic (exact) mass is 641 g/mol. The Balaban J connectivity index is 1.78. The zero-order valence-corrected chi connectivity index (χ0v) is 27.7. The van der Waals surface area contributed by atoms with Crippen molar-refractivity contribution >= 4 is 29.8 Å². The van der Waals surface area contributed by atoms with Gasteiger partial charge in [0.1, 0.15) is 18.3 Å². The van der Waals surface area contributed by atoms with E-state index in [-0.39, 0.29) is 50.3 Å². The van der Waals surface area contributed by atoms with Crippen molar-refractivity contribution in [2.24, 2.45) is 0 Å². The van der Waals surface area contributed by atoms with E-state index in [0.29, 0.717) is 24.0 Å². The maximum atomic E-state index is 13.4. The third kappa shape index (κ3) is 11.1. The molecule has 46 heavy (non-hydrogen) atoms. The average molecular weight is 642 g/mol. The molecule has 3 N–H and O–H groups in total. The summed E-state index contributed by atoms with van der Waals surface area (Å²) in [6, 6.07) is 6.74. The van der Waals surface area contributed by atoms with Gasteiger partial charge in [0.25, 0.3) is 0 Å². The highest BCUT2D eigenvalue weighted by atomic mass is 16.8. The predicted molar refractivity (Wildman–Crippen MR) is 175 cm³/mol. The number of hydrogen-bond acceptors (Lipinski definition) is 8. The van der Waals surface area contributed by atoms with Gasteiger partial charge in [-0.25, -0.2) is 4.79 Å². The summed E-state index contributed by atoms with van der Waals surface area (Å²) in [6.45, 7) is 4.39. The topological polar surface area (TPSA) is 144 Å². The summed E-state index contributed by atoms with van der Waals surface area (Å²) >= 11 is 0. The van der Waals surface area contributed by atoms with Gasteiger partial charge in [-0.1, -0.05) is 51.7 Å². The summed E-state index contributed by atoms with van der Waals surface area (Å²) in [7, 11) is 3.34. The largest absolute Gasteiger partial charge is 0.456 e. The third-order valence-electron chi connectivity index (χ3n) is 8.13. The normalized spacial score (nSPS) is 20.1. The number of aliphatic hydroxyl groups excluding tert-OH is 1. The van der Waals surface area contributed by atoms with E-state index in [0.717, 1.165) is 44.1 Å². The summed E-state index contributed by atoms with van der Waals surface area (Å²) < 4.78 is 19.3. The highest BCUT2D eigenvalue weighted by Gasteiger charge is 2.52. The first-order valence-electron chi connectivity index (χ1n) is 16.5. The number of nitrogens with zero attached hydrogens (tertiary/aromatic N) is 1. The molecule has 1 aliphatic carbocycles. The number of fused-ring (bicyclic) bond motifs is 1. The highest BCUT2D eigenvalue weighted by Crippen LogP contribution is 2.43. The fourth-order valence-corrected chi connectivity index (χ4v) is 5.54. The Morgan fingerprint density at radius 2 is 1.65 bits per heavy atom. The van der Waals surface area contributed by atoms with Crippen molar-refractivity contribution in [1.29, 1.82) is 0 Å². The Labute approximate surface area is 272 Å². The molecule has 11 nitrogen and oxygen atoms in total. The first-order valence-corrected chi connectivity index (χ1v) is 16.5. The SMILES string of the molecule is CCCCCC1(CCCCC)OC2C=C(C(=O)NCCC(=O)NCCO)CC(OC(=O)c3ccc(C=CC(=O)N(C)C)cc3)C2O1. The second-order valence-corrected chi connectivity index (χ2v) is 12.1. The second kappa shape index (κ2) is 18.6. The molecule has 1 heterocycles. The van der Waals surface area contributed by atoms with Crippen molar-refractivity contribution in [3.63, 3.8) is 0 Å². The van der Waals surface area contributed by atoms with E-state index in [1.165, 1.54) is 11.0 Å². The molecule has 1 aliphatic heterocycles. The molecule has 3 atom stereocenters. The number of nitrogens with one attached hydrogen (secondary N) is 2. The molecule has 2 aliphatic rings. The molecular weight excluding hydrogens is 590 g/mol. The van der Waals surface area contributed by atoms with Crippen molar-refractivity contribution < 1.29 is 38.5 Å². The van der Waals surface area contributed by atoms with Crippen LogP contribution in [0.4, 0.5) is 0 Å². The number of unbranched alkanes of at least 4 members (excludes halogenated alkanes) is 4. The maximum absolute atomic E-state index is 13.4. The van der Waals surface area contributed by atoms with Gasteiger partial charge < -0.3 is 34.9 Å². The smallest absolute Gasteiger partial charge is 0.338 e. The van der Waals surface area contributed by atoms with Gasteiger partial charge in [0.15, 0.2) is 5.79 Å². The molecule has 0 aromatic heterocycles. The zero-order chi connectivity index (χ0) is 33.5. The van der Waals surface area contributed by atoms with Gasteiger partial charge in [-0.05, 0) is 42.7 Å². The summed E-state index contributed by atoms with van der Waals surface area (Å²) in [4.78, 5) is 51.9. The third-order valence-corrected chi connectivity index (χ3v) is 8.13. The molecular formula is C35H51N3O8. The van der Waals surface area contributed by atoms with Crippen LogP contribution in [0.2, 0.25) is 0 Å². The number of likely N-dealkylation sites (N-methyl/N-ethyl adjacent to an activating group) is 1. The van der Waals surface area contributed by atoms with E-state index in [1.54, 1.807) is 50.5 Å². The lowest BCUT2D eigenvalue weighted by molar-refractivity contribution is -0.190. The van der Waals surface area contributed by atoms with Crippen LogP contribution in [0.5, 0.6) is 0 Å². The molecule has 0 radical (unpaired) electrons. The summed E-state index contributed by atoms with van der Waals surface area (Å²) in [5.74, 6) is -2.16. The van der Waals surface area contributed by atoms with Crippen molar-refractivity contribution in [2.75, 3.05) is 33.8 Å². The molecule has 0 bridgehead atoms. The molecule has 1 saturated heterocycles. The van der Waals surface area contributed by atoms with Crippen LogP contribution in [0.3, 0.4) is 0 Å². The number of rotatable bonds is 18. The van der Waals surface area contributed by atoms with Gasteiger partial charge in [0, 0.05) is 64.5 Å². The Morgan fingerprint density at radius 1 is 0.978 bits per heavy atom. The van der Waals surface area contributed by atoms with Crippen LogP contribution in [0.25, 0.3) is 6.08 Å².